The molecule has 0 spiro atoms. The third-order valence-electron chi connectivity index (χ3n) is 1.78. The van der Waals surface area contributed by atoms with E-state index in [9.17, 15) is 9.00 Å². The molecule has 0 saturated heterocycles. The number of benzene rings is 1. The van der Waals surface area contributed by atoms with Crippen molar-refractivity contribution in [3.63, 3.8) is 0 Å². The Morgan fingerprint density at radius 2 is 2.08 bits per heavy atom. The first-order valence-corrected chi connectivity index (χ1v) is 5.57. The molecule has 1 aliphatic heterocycles. The van der Waals surface area contributed by atoms with Crippen molar-refractivity contribution in [2.75, 3.05) is 5.75 Å². The normalized spacial score (nSPS) is 26.3. The molecule has 1 unspecified atom stereocenters. The number of rotatable bonds is 0. The SMILES string of the molecule is C=S1(=O)CC(=O)c2ccccc2O1. The van der Waals surface area contributed by atoms with E-state index >= 15 is 0 Å². The van der Waals surface area contributed by atoms with Crippen LogP contribution in [0.25, 0.3) is 0 Å². The molecule has 1 aliphatic rings. The molecule has 0 aliphatic carbocycles. The average molecular weight is 196 g/mol. The number of para-hydroxylation sites is 1. The maximum Gasteiger partial charge on any atom is 0.181 e. The van der Waals surface area contributed by atoms with Gasteiger partial charge in [0, 0.05) is 0 Å². The van der Waals surface area contributed by atoms with Crippen molar-refractivity contribution in [3.05, 3.63) is 29.8 Å². The van der Waals surface area contributed by atoms with Gasteiger partial charge in [-0.05, 0) is 18.0 Å². The van der Waals surface area contributed by atoms with E-state index < -0.39 is 9.80 Å². The van der Waals surface area contributed by atoms with Gasteiger partial charge in [-0.25, -0.2) is 4.21 Å². The van der Waals surface area contributed by atoms with Gasteiger partial charge in [0.2, 0.25) is 0 Å². The number of Topliss-reactive ketones (excluding diaryl/α,β-unsaturated/α-hetero) is 1. The molecule has 0 saturated carbocycles. The van der Waals surface area contributed by atoms with Crippen LogP contribution in [-0.2, 0) is 9.80 Å². The van der Waals surface area contributed by atoms with Crippen LogP contribution >= 0.6 is 0 Å². The van der Waals surface area contributed by atoms with Gasteiger partial charge in [-0.3, -0.25) is 4.79 Å². The van der Waals surface area contributed by atoms with E-state index in [0.29, 0.717) is 11.3 Å². The molecule has 1 atom stereocenters. The monoisotopic (exact) mass is 196 g/mol. The first kappa shape index (κ1) is 8.31. The summed E-state index contributed by atoms with van der Waals surface area (Å²) in [5.41, 5.74) is 0.491. The van der Waals surface area contributed by atoms with Gasteiger partial charge in [-0.1, -0.05) is 12.1 Å². The quantitative estimate of drug-likeness (QED) is 0.579. The topological polar surface area (TPSA) is 43.4 Å². The number of fused-ring (bicyclic) bond motifs is 1. The molecule has 0 fully saturated rings. The maximum atomic E-state index is 11.4. The molecule has 0 aromatic heterocycles. The van der Waals surface area contributed by atoms with E-state index in [4.69, 9.17) is 4.18 Å². The van der Waals surface area contributed by atoms with Crippen LogP contribution < -0.4 is 4.18 Å². The van der Waals surface area contributed by atoms with E-state index in [0.717, 1.165) is 0 Å². The summed E-state index contributed by atoms with van der Waals surface area (Å²) in [6, 6.07) is 6.76. The van der Waals surface area contributed by atoms with E-state index in [1.807, 2.05) is 0 Å². The molecule has 4 heteroatoms. The summed E-state index contributed by atoms with van der Waals surface area (Å²) in [5.74, 6) is 3.45. The molecule has 0 amide bonds. The summed E-state index contributed by atoms with van der Waals surface area (Å²) < 4.78 is 16.5. The maximum absolute atomic E-state index is 11.4. The second-order valence-electron chi connectivity index (χ2n) is 2.89. The summed E-state index contributed by atoms with van der Waals surface area (Å²) in [5, 5.41) is 0. The Morgan fingerprint density at radius 3 is 2.85 bits per heavy atom. The molecular formula is C9H8O3S. The number of carbonyl (C=O) groups is 1. The van der Waals surface area contributed by atoms with Crippen molar-refractivity contribution in [2.24, 2.45) is 0 Å². The molecular weight excluding hydrogens is 188 g/mol. The van der Waals surface area contributed by atoms with Crippen molar-refractivity contribution in [3.8, 4) is 5.75 Å². The lowest BCUT2D eigenvalue weighted by Gasteiger charge is -2.18. The molecule has 0 N–H and O–H groups in total. The molecule has 1 aromatic rings. The Labute approximate surface area is 76.6 Å². The average Bonchev–Trinajstić information content (AvgIpc) is 2.02. The standard InChI is InChI=1S/C9H8O3S/c1-13(11)6-8(10)7-4-2-3-5-9(7)12-13/h2-5H,1,6H2. The Bertz CT molecular complexity index is 460. The Hall–Kier alpha value is -1.29. The zero-order valence-electron chi connectivity index (χ0n) is 6.86. The fourth-order valence-electron chi connectivity index (χ4n) is 1.24. The van der Waals surface area contributed by atoms with Crippen LogP contribution in [-0.4, -0.2) is 21.6 Å². The largest absolute Gasteiger partial charge is 0.408 e. The molecule has 3 nitrogen and oxygen atoms in total. The van der Waals surface area contributed by atoms with Gasteiger partial charge in [-0.15, -0.1) is 0 Å². The van der Waals surface area contributed by atoms with Crippen LogP contribution in [0, 0.1) is 0 Å². The highest BCUT2D eigenvalue weighted by molar-refractivity contribution is 7.97. The summed E-state index contributed by atoms with van der Waals surface area (Å²) in [4.78, 5) is 11.4. The number of hydrogen-bond donors (Lipinski definition) is 0. The lowest BCUT2D eigenvalue weighted by atomic mass is 10.1. The second-order valence-corrected chi connectivity index (χ2v) is 4.83. The van der Waals surface area contributed by atoms with Crippen LogP contribution in [0.4, 0.5) is 0 Å². The van der Waals surface area contributed by atoms with E-state index in [-0.39, 0.29) is 11.5 Å². The van der Waals surface area contributed by atoms with Crippen LogP contribution in [0.1, 0.15) is 10.4 Å². The van der Waals surface area contributed by atoms with Crippen molar-refractivity contribution in [1.29, 1.82) is 0 Å². The highest BCUT2D eigenvalue weighted by Crippen LogP contribution is 2.25. The molecule has 68 valence electrons. The Kier molecular flexibility index (Phi) is 1.66. The third kappa shape index (κ3) is 1.45. The fourth-order valence-corrected chi connectivity index (χ4v) is 2.33. The zero-order chi connectivity index (χ0) is 9.47. The number of hydrogen-bond acceptors (Lipinski definition) is 3. The number of carbonyl (C=O) groups excluding carboxylic acids is 1. The van der Waals surface area contributed by atoms with Crippen molar-refractivity contribution in [1.82, 2.24) is 0 Å². The molecule has 1 heterocycles. The highest BCUT2D eigenvalue weighted by Gasteiger charge is 2.24. The predicted molar refractivity (Wildman–Crippen MR) is 51.5 cm³/mol. The van der Waals surface area contributed by atoms with Crippen LogP contribution in [0.5, 0.6) is 5.75 Å². The lowest BCUT2D eigenvalue weighted by molar-refractivity contribution is 0.101. The molecule has 2 rings (SSSR count). The minimum absolute atomic E-state index is 0.121. The number of ketones is 1. The van der Waals surface area contributed by atoms with Gasteiger partial charge >= 0.3 is 0 Å². The summed E-state index contributed by atoms with van der Waals surface area (Å²) >= 11 is 0. The van der Waals surface area contributed by atoms with E-state index in [1.54, 1.807) is 24.3 Å². The molecule has 13 heavy (non-hydrogen) atoms. The van der Waals surface area contributed by atoms with Crippen molar-refractivity contribution < 1.29 is 13.2 Å². The second kappa shape index (κ2) is 2.60. The zero-order valence-corrected chi connectivity index (χ0v) is 7.67. The Balaban J connectivity index is 2.61. The highest BCUT2D eigenvalue weighted by atomic mass is 32.2. The van der Waals surface area contributed by atoms with E-state index in [2.05, 4.69) is 5.87 Å². The minimum Gasteiger partial charge on any atom is -0.408 e. The van der Waals surface area contributed by atoms with Crippen LogP contribution in [0.15, 0.2) is 24.3 Å². The minimum atomic E-state index is -2.69. The first-order chi connectivity index (χ1) is 6.08. The third-order valence-corrected chi connectivity index (χ3v) is 2.97. The Morgan fingerprint density at radius 1 is 1.38 bits per heavy atom. The van der Waals surface area contributed by atoms with Crippen LogP contribution in [0.3, 0.4) is 0 Å². The fraction of sp³-hybridized carbons (Fsp3) is 0.111. The van der Waals surface area contributed by atoms with Gasteiger partial charge in [0.1, 0.15) is 21.3 Å². The lowest BCUT2D eigenvalue weighted by Crippen LogP contribution is -2.26. The van der Waals surface area contributed by atoms with Crippen LogP contribution in [0.2, 0.25) is 0 Å². The van der Waals surface area contributed by atoms with Gasteiger partial charge < -0.3 is 4.18 Å². The van der Waals surface area contributed by atoms with Gasteiger partial charge in [-0.2, -0.15) is 0 Å². The van der Waals surface area contributed by atoms with Gasteiger partial charge in [0.25, 0.3) is 0 Å². The smallest absolute Gasteiger partial charge is 0.181 e. The van der Waals surface area contributed by atoms with E-state index in [1.165, 1.54) is 0 Å². The summed E-state index contributed by atoms with van der Waals surface area (Å²) in [7, 11) is -2.69. The predicted octanol–water partition coefficient (Wildman–Crippen LogP) is 0.893. The summed E-state index contributed by atoms with van der Waals surface area (Å²) in [6.07, 6.45) is 0. The first-order valence-electron chi connectivity index (χ1n) is 3.75. The summed E-state index contributed by atoms with van der Waals surface area (Å²) in [6.45, 7) is 0. The molecule has 0 bridgehead atoms. The molecule has 0 radical (unpaired) electrons. The molecule has 1 aromatic carbocycles. The van der Waals surface area contributed by atoms with Crippen molar-refractivity contribution in [2.45, 2.75) is 0 Å². The van der Waals surface area contributed by atoms with Crippen molar-refractivity contribution >= 4 is 21.5 Å². The van der Waals surface area contributed by atoms with Gasteiger partial charge in [0.05, 0.1) is 5.56 Å². The van der Waals surface area contributed by atoms with Gasteiger partial charge in [0.15, 0.2) is 5.78 Å².